The largest absolute Gasteiger partial charge is 0.481 e. The number of ether oxygens (including phenoxy) is 1. The summed E-state index contributed by atoms with van der Waals surface area (Å²) in [5, 5.41) is 8.96. The number of carboxylic acid groups (broad SMARTS) is 1. The van der Waals surface area contributed by atoms with Gasteiger partial charge in [0.05, 0.1) is 25.0 Å². The van der Waals surface area contributed by atoms with Gasteiger partial charge < -0.3 is 14.7 Å². The van der Waals surface area contributed by atoms with Gasteiger partial charge >= 0.3 is 12.0 Å². The average Bonchev–Trinajstić information content (AvgIpc) is 2.76. The quantitative estimate of drug-likeness (QED) is 0.861. The zero-order valence-corrected chi connectivity index (χ0v) is 12.2. The maximum Gasteiger partial charge on any atom is 0.325 e. The van der Waals surface area contributed by atoms with Crippen LogP contribution in [0.1, 0.15) is 19.8 Å². The van der Waals surface area contributed by atoms with Crippen LogP contribution in [-0.4, -0.2) is 53.2 Å². The van der Waals surface area contributed by atoms with E-state index in [1.54, 1.807) is 23.2 Å². The first-order chi connectivity index (χ1) is 10.1. The molecule has 7 nitrogen and oxygen atoms in total. The van der Waals surface area contributed by atoms with Crippen molar-refractivity contribution in [1.29, 1.82) is 0 Å². The second kappa shape index (κ2) is 6.43. The van der Waals surface area contributed by atoms with E-state index >= 15 is 0 Å². The summed E-state index contributed by atoms with van der Waals surface area (Å²) in [6.07, 6.45) is 3.23. The molecule has 7 heteroatoms. The van der Waals surface area contributed by atoms with Crippen molar-refractivity contribution in [2.45, 2.75) is 25.8 Å². The fourth-order valence-electron chi connectivity index (χ4n) is 2.49. The van der Waals surface area contributed by atoms with Gasteiger partial charge in [-0.3, -0.25) is 9.69 Å². The number of hydrogen-bond acceptors (Lipinski definition) is 4. The molecule has 1 aliphatic rings. The number of anilines is 1. The highest BCUT2D eigenvalue weighted by atomic mass is 16.5. The van der Waals surface area contributed by atoms with Gasteiger partial charge in [-0.15, -0.1) is 0 Å². The maximum atomic E-state index is 12.4. The Kier molecular flexibility index (Phi) is 4.62. The Morgan fingerprint density at radius 2 is 2.29 bits per heavy atom. The Hall–Kier alpha value is -2.31. The van der Waals surface area contributed by atoms with Crippen LogP contribution in [0, 0.1) is 0 Å². The van der Waals surface area contributed by atoms with Gasteiger partial charge in [0.15, 0.2) is 0 Å². The molecule has 1 fully saturated rings. The average molecular weight is 293 g/mol. The first kappa shape index (κ1) is 15.1. The smallest absolute Gasteiger partial charge is 0.325 e. The van der Waals surface area contributed by atoms with Crippen molar-refractivity contribution in [3.05, 3.63) is 18.3 Å². The lowest BCUT2D eigenvalue weighted by Crippen LogP contribution is -2.38. The van der Waals surface area contributed by atoms with E-state index < -0.39 is 5.97 Å². The summed E-state index contributed by atoms with van der Waals surface area (Å²) in [7, 11) is 1.52. The molecule has 114 valence electrons. The van der Waals surface area contributed by atoms with Crippen molar-refractivity contribution < 1.29 is 19.4 Å². The number of carbonyl (C=O) groups is 2. The minimum absolute atomic E-state index is 0.0827. The molecule has 2 rings (SSSR count). The molecule has 2 heterocycles. The summed E-state index contributed by atoms with van der Waals surface area (Å²) in [4.78, 5) is 30.4. The fourth-order valence-corrected chi connectivity index (χ4v) is 2.49. The molecular formula is C14H19N3O4. The molecule has 0 radical (unpaired) electrons. The van der Waals surface area contributed by atoms with Gasteiger partial charge in [-0.2, -0.15) is 0 Å². The van der Waals surface area contributed by atoms with Crippen molar-refractivity contribution in [1.82, 2.24) is 9.88 Å². The highest BCUT2D eigenvalue weighted by Crippen LogP contribution is 2.26. The molecule has 0 saturated carbocycles. The number of pyridine rings is 1. The highest BCUT2D eigenvalue weighted by Gasteiger charge is 2.38. The second-order valence-electron chi connectivity index (χ2n) is 4.92. The summed E-state index contributed by atoms with van der Waals surface area (Å²) in [6.45, 7) is 2.22. The lowest BCUT2D eigenvalue weighted by molar-refractivity contribution is -0.137. The van der Waals surface area contributed by atoms with E-state index in [9.17, 15) is 9.59 Å². The van der Waals surface area contributed by atoms with Crippen LogP contribution < -0.4 is 9.64 Å². The molecular weight excluding hydrogens is 274 g/mol. The van der Waals surface area contributed by atoms with Crippen molar-refractivity contribution in [2.24, 2.45) is 0 Å². The molecule has 1 aliphatic heterocycles. The molecule has 0 aliphatic carbocycles. The van der Waals surface area contributed by atoms with Crippen LogP contribution in [0.5, 0.6) is 5.88 Å². The Morgan fingerprint density at radius 3 is 2.81 bits per heavy atom. The zero-order chi connectivity index (χ0) is 15.4. The number of carboxylic acids is 1. The highest BCUT2D eigenvalue weighted by molar-refractivity contribution is 5.96. The third-order valence-electron chi connectivity index (χ3n) is 3.48. The van der Waals surface area contributed by atoms with Gasteiger partial charge in [-0.05, 0) is 12.5 Å². The van der Waals surface area contributed by atoms with Crippen LogP contribution in [0.4, 0.5) is 10.5 Å². The summed E-state index contributed by atoms with van der Waals surface area (Å²) in [5.41, 5.74) is 0.648. The number of urea groups is 1. The van der Waals surface area contributed by atoms with E-state index in [0.29, 0.717) is 18.1 Å². The Morgan fingerprint density at radius 1 is 1.52 bits per heavy atom. The number of amides is 2. The molecule has 1 unspecified atom stereocenters. The summed E-state index contributed by atoms with van der Waals surface area (Å²) >= 11 is 0. The van der Waals surface area contributed by atoms with E-state index in [4.69, 9.17) is 9.84 Å². The standard InChI is InChI=1S/C14H19N3O4/c1-3-4-11-8-16(14(20)17(11)9-13(18)19)10-5-6-12(21-2)15-7-10/h5-7,11H,3-4,8-9H2,1-2H3,(H,18,19). The van der Waals surface area contributed by atoms with Crippen LogP contribution >= 0.6 is 0 Å². The monoisotopic (exact) mass is 293 g/mol. The molecule has 2 amide bonds. The van der Waals surface area contributed by atoms with E-state index in [-0.39, 0.29) is 18.6 Å². The zero-order valence-electron chi connectivity index (χ0n) is 12.2. The number of nitrogens with zero attached hydrogens (tertiary/aromatic N) is 3. The normalized spacial score (nSPS) is 18.2. The molecule has 21 heavy (non-hydrogen) atoms. The van der Waals surface area contributed by atoms with Gasteiger partial charge in [0.25, 0.3) is 0 Å². The van der Waals surface area contributed by atoms with Crippen LogP contribution in [0.3, 0.4) is 0 Å². The number of aliphatic carboxylic acids is 1. The molecule has 0 aromatic carbocycles. The molecule has 0 spiro atoms. The van der Waals surface area contributed by atoms with Crippen molar-refractivity contribution >= 4 is 17.7 Å². The summed E-state index contributed by atoms with van der Waals surface area (Å²) in [5.74, 6) is -0.531. The first-order valence-corrected chi connectivity index (χ1v) is 6.86. The summed E-state index contributed by atoms with van der Waals surface area (Å²) < 4.78 is 4.99. The van der Waals surface area contributed by atoms with Gasteiger partial charge in [-0.1, -0.05) is 13.3 Å². The van der Waals surface area contributed by atoms with Crippen LogP contribution in [-0.2, 0) is 4.79 Å². The molecule has 1 atom stereocenters. The Balaban J connectivity index is 2.20. The SMILES string of the molecule is CCCC1CN(c2ccc(OC)nc2)C(=O)N1CC(=O)O. The minimum Gasteiger partial charge on any atom is -0.481 e. The van der Waals surface area contributed by atoms with E-state index in [1.807, 2.05) is 6.92 Å². The van der Waals surface area contributed by atoms with Gasteiger partial charge in [0.1, 0.15) is 6.54 Å². The number of carbonyl (C=O) groups excluding carboxylic acids is 1. The maximum absolute atomic E-state index is 12.4. The van der Waals surface area contributed by atoms with Crippen molar-refractivity contribution in [3.8, 4) is 5.88 Å². The number of hydrogen-bond donors (Lipinski definition) is 1. The predicted molar refractivity (Wildman–Crippen MR) is 76.6 cm³/mol. The third-order valence-corrected chi connectivity index (χ3v) is 3.48. The Bertz CT molecular complexity index is 517. The van der Waals surface area contributed by atoms with Crippen LogP contribution in [0.25, 0.3) is 0 Å². The van der Waals surface area contributed by atoms with E-state index in [1.165, 1.54) is 12.0 Å². The minimum atomic E-state index is -1.00. The van der Waals surface area contributed by atoms with Crippen molar-refractivity contribution in [3.63, 3.8) is 0 Å². The molecule has 1 aromatic rings. The Labute approximate surface area is 123 Å². The predicted octanol–water partition coefficient (Wildman–Crippen LogP) is 1.59. The van der Waals surface area contributed by atoms with Crippen molar-refractivity contribution in [2.75, 3.05) is 25.1 Å². The lowest BCUT2D eigenvalue weighted by Gasteiger charge is -2.20. The van der Waals surface area contributed by atoms with E-state index in [0.717, 1.165) is 12.8 Å². The van der Waals surface area contributed by atoms with Gasteiger partial charge in [0.2, 0.25) is 5.88 Å². The van der Waals surface area contributed by atoms with Crippen LogP contribution in [0.2, 0.25) is 0 Å². The molecule has 1 N–H and O–H groups in total. The number of aromatic nitrogens is 1. The number of methoxy groups -OCH3 is 1. The number of rotatable bonds is 6. The second-order valence-corrected chi connectivity index (χ2v) is 4.92. The van der Waals surface area contributed by atoms with Crippen LogP contribution in [0.15, 0.2) is 18.3 Å². The fraction of sp³-hybridized carbons (Fsp3) is 0.500. The lowest BCUT2D eigenvalue weighted by atomic mass is 10.1. The topological polar surface area (TPSA) is 83.0 Å². The van der Waals surface area contributed by atoms with Gasteiger partial charge in [0, 0.05) is 12.6 Å². The summed E-state index contributed by atoms with van der Waals surface area (Å²) in [6, 6.07) is 3.05. The first-order valence-electron chi connectivity index (χ1n) is 6.86. The van der Waals surface area contributed by atoms with E-state index in [2.05, 4.69) is 4.98 Å². The third kappa shape index (κ3) is 3.24. The molecule has 0 bridgehead atoms. The molecule has 1 saturated heterocycles. The molecule has 1 aromatic heterocycles. The van der Waals surface area contributed by atoms with Gasteiger partial charge in [-0.25, -0.2) is 9.78 Å².